The van der Waals surface area contributed by atoms with Crippen LogP contribution in [-0.4, -0.2) is 42.0 Å². The molecule has 2 N–H and O–H groups in total. The van der Waals surface area contributed by atoms with Crippen LogP contribution in [0.4, 0.5) is 4.79 Å². The molecule has 0 spiro atoms. The Balaban J connectivity index is 1.73. The monoisotopic (exact) mass is 267 g/mol. The first-order valence-corrected chi connectivity index (χ1v) is 7.52. The van der Waals surface area contributed by atoms with Gasteiger partial charge in [-0.15, -0.1) is 0 Å². The third-order valence-corrected chi connectivity index (χ3v) is 4.24. The highest BCUT2D eigenvalue weighted by Crippen LogP contribution is 2.17. The number of amides is 3. The van der Waals surface area contributed by atoms with Gasteiger partial charge in [0, 0.05) is 6.04 Å². The van der Waals surface area contributed by atoms with E-state index in [1.807, 2.05) is 6.92 Å². The van der Waals surface area contributed by atoms with Gasteiger partial charge in [-0.05, 0) is 45.7 Å². The molecule has 1 aliphatic carbocycles. The van der Waals surface area contributed by atoms with Crippen LogP contribution in [0.25, 0.3) is 0 Å². The number of likely N-dealkylation sites (tertiary alicyclic amines) is 1. The quantitative estimate of drug-likeness (QED) is 0.817. The fourth-order valence-corrected chi connectivity index (χ4v) is 2.98. The Bertz CT molecular complexity index is 321. The standard InChI is InChI=1S/C14H25N3O2/c1-11(17-9-5-2-6-10-17)13(18)16-14(19)15-12-7-3-4-8-12/h11-12H,2-10H2,1H3,(H2,15,16,18,19)/t11-/m1/s1. The molecule has 0 unspecified atom stereocenters. The van der Waals surface area contributed by atoms with Crippen LogP contribution in [0, 0.1) is 0 Å². The van der Waals surface area contributed by atoms with Crippen LogP contribution in [0.5, 0.6) is 0 Å². The van der Waals surface area contributed by atoms with Gasteiger partial charge in [0.15, 0.2) is 0 Å². The van der Waals surface area contributed by atoms with Gasteiger partial charge >= 0.3 is 6.03 Å². The van der Waals surface area contributed by atoms with Gasteiger partial charge in [0.25, 0.3) is 0 Å². The molecule has 1 atom stereocenters. The molecular formula is C14H25N3O2. The van der Waals surface area contributed by atoms with E-state index >= 15 is 0 Å². The van der Waals surface area contributed by atoms with E-state index in [0.717, 1.165) is 38.8 Å². The van der Waals surface area contributed by atoms with Crippen molar-refractivity contribution in [2.75, 3.05) is 13.1 Å². The van der Waals surface area contributed by atoms with Crippen molar-refractivity contribution in [1.82, 2.24) is 15.5 Å². The van der Waals surface area contributed by atoms with E-state index in [1.54, 1.807) is 0 Å². The third kappa shape index (κ3) is 4.20. The summed E-state index contributed by atoms with van der Waals surface area (Å²) in [6.45, 7) is 3.79. The van der Waals surface area contributed by atoms with Crippen LogP contribution in [-0.2, 0) is 4.79 Å². The van der Waals surface area contributed by atoms with Gasteiger partial charge in [0.1, 0.15) is 0 Å². The summed E-state index contributed by atoms with van der Waals surface area (Å²) in [7, 11) is 0. The van der Waals surface area contributed by atoms with E-state index in [1.165, 1.54) is 19.3 Å². The molecule has 1 heterocycles. The molecule has 0 radical (unpaired) electrons. The normalized spacial score (nSPS) is 23.0. The molecule has 108 valence electrons. The average Bonchev–Trinajstić information content (AvgIpc) is 2.91. The Morgan fingerprint density at radius 2 is 1.68 bits per heavy atom. The molecule has 2 fully saturated rings. The van der Waals surface area contributed by atoms with Crippen molar-refractivity contribution in [3.8, 4) is 0 Å². The molecule has 2 aliphatic rings. The summed E-state index contributed by atoms with van der Waals surface area (Å²) in [6, 6.07) is -0.298. The molecule has 1 aliphatic heterocycles. The Kier molecular flexibility index (Phi) is 5.19. The predicted molar refractivity (Wildman–Crippen MR) is 73.8 cm³/mol. The van der Waals surface area contributed by atoms with Gasteiger partial charge in [-0.2, -0.15) is 0 Å². The first kappa shape index (κ1) is 14.3. The van der Waals surface area contributed by atoms with Crippen molar-refractivity contribution >= 4 is 11.9 Å². The number of rotatable bonds is 3. The molecule has 1 saturated carbocycles. The molecular weight excluding hydrogens is 242 g/mol. The number of carbonyl (C=O) groups is 2. The third-order valence-electron chi connectivity index (χ3n) is 4.24. The van der Waals surface area contributed by atoms with Gasteiger partial charge < -0.3 is 5.32 Å². The molecule has 2 rings (SSSR count). The highest BCUT2D eigenvalue weighted by atomic mass is 16.2. The SMILES string of the molecule is C[C@H](C(=O)NC(=O)NC1CCCC1)N1CCCCC1. The lowest BCUT2D eigenvalue weighted by Gasteiger charge is -2.31. The number of piperidine rings is 1. The van der Waals surface area contributed by atoms with Crippen molar-refractivity contribution in [2.24, 2.45) is 0 Å². The van der Waals surface area contributed by atoms with Crippen LogP contribution in [0.2, 0.25) is 0 Å². The van der Waals surface area contributed by atoms with Gasteiger partial charge in [0.05, 0.1) is 6.04 Å². The van der Waals surface area contributed by atoms with Crippen molar-refractivity contribution < 1.29 is 9.59 Å². The Morgan fingerprint density at radius 3 is 2.32 bits per heavy atom. The summed E-state index contributed by atoms with van der Waals surface area (Å²) < 4.78 is 0. The highest BCUT2D eigenvalue weighted by molar-refractivity contribution is 5.96. The summed E-state index contributed by atoms with van der Waals surface area (Å²) >= 11 is 0. The zero-order valence-corrected chi connectivity index (χ0v) is 11.8. The number of nitrogens with one attached hydrogen (secondary N) is 2. The van der Waals surface area contributed by atoms with E-state index in [0.29, 0.717) is 0 Å². The van der Waals surface area contributed by atoms with Crippen molar-refractivity contribution in [3.63, 3.8) is 0 Å². The van der Waals surface area contributed by atoms with Crippen molar-refractivity contribution in [1.29, 1.82) is 0 Å². The van der Waals surface area contributed by atoms with Gasteiger partial charge in [-0.25, -0.2) is 4.79 Å². The van der Waals surface area contributed by atoms with Crippen LogP contribution in [0.1, 0.15) is 51.9 Å². The number of hydrogen-bond acceptors (Lipinski definition) is 3. The zero-order valence-electron chi connectivity index (χ0n) is 11.8. The maximum absolute atomic E-state index is 12.0. The fourth-order valence-electron chi connectivity index (χ4n) is 2.98. The summed E-state index contributed by atoms with van der Waals surface area (Å²) in [4.78, 5) is 25.9. The van der Waals surface area contributed by atoms with E-state index in [2.05, 4.69) is 15.5 Å². The fraction of sp³-hybridized carbons (Fsp3) is 0.857. The lowest BCUT2D eigenvalue weighted by Crippen LogP contribution is -2.52. The van der Waals surface area contributed by atoms with Crippen LogP contribution >= 0.6 is 0 Å². The van der Waals surface area contributed by atoms with Crippen molar-refractivity contribution in [2.45, 2.75) is 64.0 Å². The summed E-state index contributed by atoms with van der Waals surface area (Å²) in [6.07, 6.45) is 7.93. The van der Waals surface area contributed by atoms with Crippen LogP contribution in [0.15, 0.2) is 0 Å². The second kappa shape index (κ2) is 6.89. The van der Waals surface area contributed by atoms with Crippen molar-refractivity contribution in [3.05, 3.63) is 0 Å². The second-order valence-corrected chi connectivity index (χ2v) is 5.72. The maximum atomic E-state index is 12.0. The maximum Gasteiger partial charge on any atom is 0.321 e. The number of hydrogen-bond donors (Lipinski definition) is 2. The van der Waals surface area contributed by atoms with E-state index in [9.17, 15) is 9.59 Å². The number of imide groups is 1. The van der Waals surface area contributed by atoms with Crippen LogP contribution in [0.3, 0.4) is 0 Å². The molecule has 0 bridgehead atoms. The van der Waals surface area contributed by atoms with E-state index < -0.39 is 0 Å². The minimum Gasteiger partial charge on any atom is -0.335 e. The minimum atomic E-state index is -0.333. The lowest BCUT2D eigenvalue weighted by molar-refractivity contribution is -0.125. The molecule has 5 nitrogen and oxygen atoms in total. The molecule has 0 aromatic rings. The Hall–Kier alpha value is -1.10. The molecule has 0 aromatic heterocycles. The summed E-state index contributed by atoms with van der Waals surface area (Å²) in [5.74, 6) is -0.183. The minimum absolute atomic E-state index is 0.183. The Morgan fingerprint density at radius 1 is 1.05 bits per heavy atom. The van der Waals surface area contributed by atoms with E-state index in [4.69, 9.17) is 0 Å². The number of carbonyl (C=O) groups excluding carboxylic acids is 2. The second-order valence-electron chi connectivity index (χ2n) is 5.72. The topological polar surface area (TPSA) is 61.4 Å². The Labute approximate surface area is 115 Å². The summed E-state index contributed by atoms with van der Waals surface area (Å²) in [5.41, 5.74) is 0. The number of nitrogens with zero attached hydrogens (tertiary/aromatic N) is 1. The zero-order chi connectivity index (χ0) is 13.7. The van der Waals surface area contributed by atoms with Gasteiger partial charge in [-0.1, -0.05) is 19.3 Å². The molecule has 5 heteroatoms. The summed E-state index contributed by atoms with van der Waals surface area (Å²) in [5, 5.41) is 5.35. The molecule has 1 saturated heterocycles. The highest BCUT2D eigenvalue weighted by Gasteiger charge is 2.25. The largest absolute Gasteiger partial charge is 0.335 e. The van der Waals surface area contributed by atoms with Gasteiger partial charge in [0.2, 0.25) is 5.91 Å². The van der Waals surface area contributed by atoms with E-state index in [-0.39, 0.29) is 24.0 Å². The first-order chi connectivity index (χ1) is 9.16. The lowest BCUT2D eigenvalue weighted by atomic mass is 10.1. The average molecular weight is 267 g/mol. The first-order valence-electron chi connectivity index (χ1n) is 7.52. The smallest absolute Gasteiger partial charge is 0.321 e. The molecule has 19 heavy (non-hydrogen) atoms. The van der Waals surface area contributed by atoms with Gasteiger partial charge in [-0.3, -0.25) is 15.0 Å². The molecule has 0 aromatic carbocycles. The number of urea groups is 1. The van der Waals surface area contributed by atoms with Crippen LogP contribution < -0.4 is 10.6 Å². The molecule has 3 amide bonds. The predicted octanol–water partition coefficient (Wildman–Crippen LogP) is 1.63.